The third kappa shape index (κ3) is 3.87. The Bertz CT molecular complexity index is 605. The second-order valence-corrected chi connectivity index (χ2v) is 5.95. The first-order valence-electron chi connectivity index (χ1n) is 7.54. The van der Waals surface area contributed by atoms with Crippen LogP contribution >= 0.6 is 0 Å². The van der Waals surface area contributed by atoms with Crippen LogP contribution in [0.15, 0.2) is 30.3 Å². The number of hydrogen-bond acceptors (Lipinski definition) is 4. The summed E-state index contributed by atoms with van der Waals surface area (Å²) >= 11 is 0. The van der Waals surface area contributed by atoms with Gasteiger partial charge in [0.15, 0.2) is 0 Å². The van der Waals surface area contributed by atoms with E-state index in [1.807, 2.05) is 35.2 Å². The molecule has 0 spiro atoms. The molecule has 2 rings (SSSR count). The van der Waals surface area contributed by atoms with Crippen molar-refractivity contribution < 1.29 is 14.4 Å². The van der Waals surface area contributed by atoms with Crippen LogP contribution < -0.4 is 10.7 Å². The van der Waals surface area contributed by atoms with Crippen LogP contribution in [0, 0.1) is 0 Å². The molecule has 7 heteroatoms. The Labute approximate surface area is 135 Å². The first-order valence-corrected chi connectivity index (χ1v) is 7.54. The van der Waals surface area contributed by atoms with Crippen LogP contribution in [0.3, 0.4) is 0 Å². The summed E-state index contributed by atoms with van der Waals surface area (Å²) in [5, 5.41) is 3.35. The van der Waals surface area contributed by atoms with Crippen molar-refractivity contribution in [3.8, 4) is 0 Å². The Morgan fingerprint density at radius 2 is 1.96 bits per heavy atom. The lowest BCUT2D eigenvalue weighted by atomic mass is 10.00. The molecule has 0 radical (unpaired) electrons. The molecular formula is C16H22N4O3. The van der Waals surface area contributed by atoms with Gasteiger partial charge in [0.2, 0.25) is 0 Å². The fraction of sp³-hybridized carbons (Fsp3) is 0.438. The third-order valence-corrected chi connectivity index (χ3v) is 3.91. The van der Waals surface area contributed by atoms with Crippen LogP contribution in [0.1, 0.15) is 25.8 Å². The Morgan fingerprint density at radius 3 is 2.52 bits per heavy atom. The maximum Gasteiger partial charge on any atom is 0.344 e. The van der Waals surface area contributed by atoms with Crippen molar-refractivity contribution in [1.29, 1.82) is 0 Å². The fourth-order valence-corrected chi connectivity index (χ4v) is 2.38. The van der Waals surface area contributed by atoms with Gasteiger partial charge in [0, 0.05) is 6.54 Å². The third-order valence-electron chi connectivity index (χ3n) is 3.91. The second-order valence-electron chi connectivity index (χ2n) is 5.95. The Balaban J connectivity index is 1.90. The van der Waals surface area contributed by atoms with Crippen LogP contribution in [-0.2, 0) is 16.1 Å². The summed E-state index contributed by atoms with van der Waals surface area (Å²) in [6.07, 6.45) is 0.456. The molecule has 7 nitrogen and oxygen atoms in total. The fourth-order valence-electron chi connectivity index (χ4n) is 2.38. The number of imide groups is 1. The molecule has 1 fully saturated rings. The largest absolute Gasteiger partial charge is 0.344 e. The van der Waals surface area contributed by atoms with Gasteiger partial charge in [-0.05, 0) is 26.0 Å². The van der Waals surface area contributed by atoms with Gasteiger partial charge in [0.1, 0.15) is 5.54 Å². The number of likely N-dealkylation sites (N-methyl/N-ethyl adjacent to an activating group) is 1. The van der Waals surface area contributed by atoms with Crippen LogP contribution in [0.25, 0.3) is 0 Å². The Hall–Kier alpha value is -2.41. The summed E-state index contributed by atoms with van der Waals surface area (Å²) in [5.74, 6) is -0.851. The molecule has 1 aromatic carbocycles. The minimum absolute atomic E-state index is 0.0782. The van der Waals surface area contributed by atoms with E-state index in [1.165, 1.54) is 0 Å². The average molecular weight is 318 g/mol. The molecule has 0 aromatic heterocycles. The van der Waals surface area contributed by atoms with E-state index in [0.717, 1.165) is 10.6 Å². The molecule has 0 bridgehead atoms. The molecule has 0 aliphatic carbocycles. The number of hydrazine groups is 1. The van der Waals surface area contributed by atoms with Crippen molar-refractivity contribution in [3.05, 3.63) is 35.9 Å². The van der Waals surface area contributed by atoms with E-state index in [-0.39, 0.29) is 6.54 Å². The van der Waals surface area contributed by atoms with Crippen LogP contribution in [0.2, 0.25) is 0 Å². The molecular weight excluding hydrogens is 296 g/mol. The summed E-state index contributed by atoms with van der Waals surface area (Å²) in [4.78, 5) is 37.9. The summed E-state index contributed by atoms with van der Waals surface area (Å²) in [6.45, 7) is 4.12. The molecule has 0 saturated carbocycles. The number of nitrogens with zero attached hydrogens (tertiary/aromatic N) is 2. The number of carbonyl (C=O) groups is 3. The lowest BCUT2D eigenvalue weighted by Crippen LogP contribution is -2.50. The number of rotatable bonds is 6. The quantitative estimate of drug-likeness (QED) is 0.763. The monoisotopic (exact) mass is 318 g/mol. The summed E-state index contributed by atoms with van der Waals surface area (Å²) < 4.78 is 0. The van der Waals surface area contributed by atoms with E-state index in [4.69, 9.17) is 0 Å². The van der Waals surface area contributed by atoms with Gasteiger partial charge in [0.25, 0.3) is 11.8 Å². The predicted molar refractivity (Wildman–Crippen MR) is 85.0 cm³/mol. The molecule has 1 atom stereocenters. The molecule has 1 aliphatic rings. The second kappa shape index (κ2) is 6.78. The van der Waals surface area contributed by atoms with E-state index in [0.29, 0.717) is 13.0 Å². The highest BCUT2D eigenvalue weighted by Crippen LogP contribution is 2.19. The molecule has 1 heterocycles. The molecule has 124 valence electrons. The van der Waals surface area contributed by atoms with E-state index >= 15 is 0 Å². The van der Waals surface area contributed by atoms with Gasteiger partial charge >= 0.3 is 6.03 Å². The van der Waals surface area contributed by atoms with Gasteiger partial charge in [-0.3, -0.25) is 19.9 Å². The van der Waals surface area contributed by atoms with Gasteiger partial charge in [-0.25, -0.2) is 4.79 Å². The number of amides is 4. The van der Waals surface area contributed by atoms with Crippen molar-refractivity contribution in [2.45, 2.75) is 32.4 Å². The number of benzene rings is 1. The summed E-state index contributed by atoms with van der Waals surface area (Å²) in [5.41, 5.74) is 2.50. The topological polar surface area (TPSA) is 81.8 Å². The molecule has 0 unspecified atom stereocenters. The van der Waals surface area contributed by atoms with E-state index in [2.05, 4.69) is 10.7 Å². The smallest absolute Gasteiger partial charge is 0.322 e. The van der Waals surface area contributed by atoms with Gasteiger partial charge < -0.3 is 5.32 Å². The van der Waals surface area contributed by atoms with Crippen molar-refractivity contribution in [1.82, 2.24) is 20.7 Å². The van der Waals surface area contributed by atoms with Gasteiger partial charge in [0.05, 0.1) is 6.54 Å². The molecule has 1 aliphatic heterocycles. The highest BCUT2D eigenvalue weighted by molar-refractivity contribution is 6.07. The molecule has 23 heavy (non-hydrogen) atoms. The zero-order valence-electron chi connectivity index (χ0n) is 13.6. The van der Waals surface area contributed by atoms with Crippen LogP contribution in [0.5, 0.6) is 0 Å². The molecule has 1 saturated heterocycles. The number of urea groups is 1. The first kappa shape index (κ1) is 17.0. The standard InChI is InChI=1S/C16H22N4O3/c1-4-16(2)14(22)20(15(23)17-16)18-13(21)11-19(3)10-12-8-6-5-7-9-12/h5-9H,4,10-11H2,1-3H3,(H,17,23)(H,18,21)/t16-/m1/s1. The van der Waals surface area contributed by atoms with Crippen molar-refractivity contribution >= 4 is 17.8 Å². The van der Waals surface area contributed by atoms with Crippen molar-refractivity contribution in [2.75, 3.05) is 13.6 Å². The van der Waals surface area contributed by atoms with Crippen LogP contribution in [0.4, 0.5) is 4.79 Å². The minimum atomic E-state index is -0.958. The highest BCUT2D eigenvalue weighted by atomic mass is 16.2. The summed E-state index contributed by atoms with van der Waals surface area (Å²) in [6, 6.07) is 9.14. The van der Waals surface area contributed by atoms with Gasteiger partial charge in [-0.2, -0.15) is 5.01 Å². The molecule has 4 amide bonds. The van der Waals surface area contributed by atoms with Crippen molar-refractivity contribution in [2.24, 2.45) is 0 Å². The van der Waals surface area contributed by atoms with Gasteiger partial charge in [-0.1, -0.05) is 37.3 Å². The zero-order chi connectivity index (χ0) is 17.0. The zero-order valence-corrected chi connectivity index (χ0v) is 13.6. The van der Waals surface area contributed by atoms with E-state index in [1.54, 1.807) is 20.9 Å². The van der Waals surface area contributed by atoms with Gasteiger partial charge in [-0.15, -0.1) is 0 Å². The minimum Gasteiger partial charge on any atom is -0.322 e. The van der Waals surface area contributed by atoms with E-state index in [9.17, 15) is 14.4 Å². The Morgan fingerprint density at radius 1 is 1.30 bits per heavy atom. The predicted octanol–water partition coefficient (Wildman–Crippen LogP) is 0.870. The van der Waals surface area contributed by atoms with Crippen molar-refractivity contribution in [3.63, 3.8) is 0 Å². The maximum atomic E-state index is 12.2. The lowest BCUT2D eigenvalue weighted by molar-refractivity contribution is -0.139. The van der Waals surface area contributed by atoms with E-state index < -0.39 is 23.4 Å². The normalized spacial score (nSPS) is 20.8. The van der Waals surface area contributed by atoms with Crippen LogP contribution in [-0.4, -0.2) is 46.9 Å². The average Bonchev–Trinajstić information content (AvgIpc) is 2.72. The summed E-state index contributed by atoms with van der Waals surface area (Å²) in [7, 11) is 1.80. The molecule has 1 aromatic rings. The Kier molecular flexibility index (Phi) is 5.00. The molecule has 2 N–H and O–H groups in total. The lowest BCUT2D eigenvalue weighted by Gasteiger charge is -2.21. The first-order chi connectivity index (χ1) is 10.9. The maximum absolute atomic E-state index is 12.2. The SMILES string of the molecule is CC[C@@]1(C)NC(=O)N(NC(=O)CN(C)Cc2ccccc2)C1=O. The highest BCUT2D eigenvalue weighted by Gasteiger charge is 2.47. The number of carbonyl (C=O) groups excluding carboxylic acids is 3. The number of nitrogens with one attached hydrogen (secondary N) is 2. The number of hydrogen-bond donors (Lipinski definition) is 2.